The lowest BCUT2D eigenvalue weighted by Crippen LogP contribution is -2.49. The Balaban J connectivity index is 1.19. The molecule has 0 bridgehead atoms. The van der Waals surface area contributed by atoms with E-state index in [9.17, 15) is 19.2 Å². The van der Waals surface area contributed by atoms with E-state index in [4.69, 9.17) is 40.8 Å². The van der Waals surface area contributed by atoms with Crippen LogP contribution in [0.2, 0.25) is 0 Å². The Bertz CT molecular complexity index is 2300. The van der Waals surface area contributed by atoms with Gasteiger partial charge in [0.2, 0.25) is 11.9 Å². The molecule has 2 fully saturated rings. The average Bonchev–Trinajstić information content (AvgIpc) is 3.94. The molecule has 0 spiro atoms. The van der Waals surface area contributed by atoms with Crippen LogP contribution in [0.25, 0.3) is 10.9 Å². The Hall–Kier alpha value is -6.00. The smallest absolute Gasteiger partial charge is 0.308 e. The summed E-state index contributed by atoms with van der Waals surface area (Å²) in [5.41, 5.74) is 1.75. The van der Waals surface area contributed by atoms with E-state index in [1.54, 1.807) is 53.4 Å². The first kappa shape index (κ1) is 39.2. The number of Topliss-reactive ketones (excluding diaryl/α,β-unsaturated/α-hetero) is 1. The monoisotopic (exact) mass is 808 g/mol. The number of carbonyl (C=O) groups excluding carboxylic acids is 4. The quantitative estimate of drug-likeness (QED) is 0.0661. The molecule has 2 saturated heterocycles. The minimum absolute atomic E-state index is 0.0711. The van der Waals surface area contributed by atoms with Gasteiger partial charge >= 0.3 is 5.97 Å². The molecule has 3 aromatic carbocycles. The first-order valence-electron chi connectivity index (χ1n) is 18.3. The van der Waals surface area contributed by atoms with Gasteiger partial charge in [-0.25, -0.2) is 4.98 Å². The van der Waals surface area contributed by atoms with Crippen LogP contribution in [-0.2, 0) is 9.59 Å². The molecule has 7 rings (SSSR count). The number of thiocarbonyl (C=S) groups is 1. The molecule has 294 valence electrons. The number of para-hydroxylation sites is 1. The summed E-state index contributed by atoms with van der Waals surface area (Å²) in [6.07, 6.45) is 1.82. The van der Waals surface area contributed by atoms with Gasteiger partial charge in [0, 0.05) is 74.3 Å². The fourth-order valence-corrected chi connectivity index (χ4v) is 8.74. The van der Waals surface area contributed by atoms with Crippen LogP contribution in [0.15, 0.2) is 89.5 Å². The normalized spacial score (nSPS) is 16.6. The topological polar surface area (TPSA) is 157 Å². The van der Waals surface area contributed by atoms with Gasteiger partial charge in [0.1, 0.15) is 23.0 Å². The molecule has 4 heterocycles. The van der Waals surface area contributed by atoms with Gasteiger partial charge in [-0.1, -0.05) is 60.7 Å². The molecule has 1 N–H and O–H groups in total. The number of thioether (sulfide) groups is 1. The minimum atomic E-state index is -0.797. The van der Waals surface area contributed by atoms with E-state index in [0.29, 0.717) is 82.1 Å². The van der Waals surface area contributed by atoms with Crippen molar-refractivity contribution in [2.45, 2.75) is 31.2 Å². The molecule has 0 radical (unpaired) electrons. The second-order valence-corrected chi connectivity index (χ2v) is 14.8. The van der Waals surface area contributed by atoms with Crippen molar-refractivity contribution in [3.8, 4) is 17.2 Å². The molecule has 2 aliphatic rings. The Kier molecular flexibility index (Phi) is 12.0. The molecular formula is C41H40N6O8S2. The minimum Gasteiger partial charge on any atom is -0.493 e. The molecule has 2 aromatic heterocycles. The van der Waals surface area contributed by atoms with Crippen molar-refractivity contribution in [3.63, 3.8) is 0 Å². The summed E-state index contributed by atoms with van der Waals surface area (Å²) in [7, 11) is 3.05. The number of fused-ring (bicyclic) bond motifs is 1. The van der Waals surface area contributed by atoms with Crippen molar-refractivity contribution in [2.75, 3.05) is 56.4 Å². The number of carbonyl (C=O) groups is 4. The maximum absolute atomic E-state index is 14.6. The lowest BCUT2D eigenvalue weighted by Gasteiger charge is -2.34. The van der Waals surface area contributed by atoms with Crippen molar-refractivity contribution < 1.29 is 37.8 Å². The van der Waals surface area contributed by atoms with Crippen LogP contribution in [0.3, 0.4) is 0 Å². The Morgan fingerprint density at radius 2 is 1.60 bits per heavy atom. The number of amides is 2. The number of ketones is 1. The zero-order valence-corrected chi connectivity index (χ0v) is 33.1. The van der Waals surface area contributed by atoms with Crippen molar-refractivity contribution in [3.05, 3.63) is 102 Å². The van der Waals surface area contributed by atoms with E-state index in [-0.39, 0.29) is 42.0 Å². The van der Waals surface area contributed by atoms with Gasteiger partial charge in [0.15, 0.2) is 23.0 Å². The number of ether oxygens (including phenoxy) is 3. The van der Waals surface area contributed by atoms with Gasteiger partial charge in [-0.2, -0.15) is 4.98 Å². The first-order valence-corrected chi connectivity index (χ1v) is 19.7. The van der Waals surface area contributed by atoms with Crippen LogP contribution >= 0.6 is 24.0 Å². The van der Waals surface area contributed by atoms with E-state index in [0.717, 1.165) is 0 Å². The second kappa shape index (κ2) is 17.4. The number of hydrogen-bond donors (Lipinski definition) is 1. The van der Waals surface area contributed by atoms with E-state index < -0.39 is 17.4 Å². The highest BCUT2D eigenvalue weighted by molar-refractivity contribution is 7.99. The van der Waals surface area contributed by atoms with Crippen LogP contribution in [0.4, 0.5) is 11.8 Å². The molecule has 5 aromatic rings. The number of rotatable bonds is 12. The standard InChI is InChI=1S/C41H40N6O8S2/c1-25(48)55-32-13-8-7-12-27(32)40-47(36(56)16-15-31(49)26-10-5-4-6-11-26)30(24-57-40)38(50)43-37-28-22-34(52-2)35(53-3)23-29(28)42-41(44-37)46-19-17-45(18-20-46)39(51)33-14-9-21-54-33/h4-14,21-23,30,40H,15-20,24H2,1-3H3,(H,42,43,44,50). The molecule has 0 aliphatic carbocycles. The van der Waals surface area contributed by atoms with E-state index in [1.165, 1.54) is 39.2 Å². The molecule has 16 heteroatoms. The third-order valence-electron chi connectivity index (χ3n) is 9.70. The lowest BCUT2D eigenvalue weighted by molar-refractivity contribution is -0.132. The predicted molar refractivity (Wildman–Crippen MR) is 219 cm³/mol. The fraction of sp³-hybridized carbons (Fsp3) is 0.293. The highest BCUT2D eigenvalue weighted by atomic mass is 32.2. The van der Waals surface area contributed by atoms with Gasteiger partial charge in [-0.3, -0.25) is 19.2 Å². The van der Waals surface area contributed by atoms with Gasteiger partial charge in [-0.15, -0.1) is 11.8 Å². The summed E-state index contributed by atoms with van der Waals surface area (Å²) in [5.74, 6) is 1.30. The number of aromatic nitrogens is 2. The number of methoxy groups -OCH3 is 2. The van der Waals surface area contributed by atoms with Crippen molar-refractivity contribution in [2.24, 2.45) is 0 Å². The van der Waals surface area contributed by atoms with Crippen LogP contribution in [0, 0.1) is 0 Å². The number of nitrogens with one attached hydrogen (secondary N) is 1. The van der Waals surface area contributed by atoms with Crippen molar-refractivity contribution >= 4 is 75.2 Å². The zero-order valence-electron chi connectivity index (χ0n) is 31.5. The molecule has 2 unspecified atom stereocenters. The van der Waals surface area contributed by atoms with Crippen molar-refractivity contribution in [1.29, 1.82) is 0 Å². The lowest BCUT2D eigenvalue weighted by atomic mass is 10.1. The number of esters is 1. The largest absolute Gasteiger partial charge is 0.493 e. The molecular weight excluding hydrogens is 769 g/mol. The average molecular weight is 809 g/mol. The predicted octanol–water partition coefficient (Wildman–Crippen LogP) is 6.17. The van der Waals surface area contributed by atoms with Crippen molar-refractivity contribution in [1.82, 2.24) is 19.8 Å². The number of hydrogen-bond acceptors (Lipinski definition) is 13. The van der Waals surface area contributed by atoms with Crippen LogP contribution in [-0.4, -0.2) is 101 Å². The molecule has 2 amide bonds. The molecule has 2 atom stereocenters. The first-order chi connectivity index (χ1) is 27.6. The number of furan rings is 1. The highest BCUT2D eigenvalue weighted by Crippen LogP contribution is 2.46. The summed E-state index contributed by atoms with van der Waals surface area (Å²) in [6.45, 7) is 3.01. The maximum atomic E-state index is 14.6. The summed E-state index contributed by atoms with van der Waals surface area (Å²) >= 11 is 7.50. The number of anilines is 2. The van der Waals surface area contributed by atoms with Gasteiger partial charge in [-0.05, 0) is 24.3 Å². The van der Waals surface area contributed by atoms with E-state index in [2.05, 4.69) is 5.32 Å². The molecule has 57 heavy (non-hydrogen) atoms. The van der Waals surface area contributed by atoms with Crippen LogP contribution < -0.4 is 24.4 Å². The Morgan fingerprint density at radius 3 is 2.30 bits per heavy atom. The van der Waals surface area contributed by atoms with Gasteiger partial charge < -0.3 is 38.6 Å². The molecule has 14 nitrogen and oxygen atoms in total. The zero-order chi connectivity index (χ0) is 40.1. The molecule has 2 aliphatic heterocycles. The summed E-state index contributed by atoms with van der Waals surface area (Å²) in [4.78, 5) is 68.5. The number of benzene rings is 3. The summed E-state index contributed by atoms with van der Waals surface area (Å²) < 4.78 is 22.1. The van der Waals surface area contributed by atoms with Gasteiger partial charge in [0.25, 0.3) is 5.91 Å². The van der Waals surface area contributed by atoms with Crippen LogP contribution in [0.1, 0.15) is 51.6 Å². The second-order valence-electron chi connectivity index (χ2n) is 13.3. The fourth-order valence-electron chi connectivity index (χ4n) is 6.85. The summed E-state index contributed by atoms with van der Waals surface area (Å²) in [5, 5.41) is 3.09. The Morgan fingerprint density at radius 1 is 0.877 bits per heavy atom. The summed E-state index contributed by atoms with van der Waals surface area (Å²) in [6, 6.07) is 22.1. The van der Waals surface area contributed by atoms with Gasteiger partial charge in [0.05, 0.1) is 31.0 Å². The van der Waals surface area contributed by atoms with E-state index >= 15 is 0 Å². The molecule has 0 saturated carbocycles. The Labute approximate surface area is 338 Å². The third-order valence-corrected chi connectivity index (χ3v) is 11.4. The number of nitrogens with zero attached hydrogens (tertiary/aromatic N) is 5. The number of piperazine rings is 1. The highest BCUT2D eigenvalue weighted by Gasteiger charge is 2.42. The SMILES string of the molecule is COc1cc2nc(N3CCN(C(=O)c4ccco4)CC3)nc(NC(=O)C3CSC(c4ccccc4OC(C)=O)N3C(=S)CCC(=O)c3ccccc3)c2cc1OC. The third kappa shape index (κ3) is 8.56. The van der Waals surface area contributed by atoms with E-state index in [1.807, 2.05) is 40.1 Å². The maximum Gasteiger partial charge on any atom is 0.308 e. The van der Waals surface area contributed by atoms with Crippen LogP contribution in [0.5, 0.6) is 17.2 Å².